The third-order valence-electron chi connectivity index (χ3n) is 5.00. The van der Waals surface area contributed by atoms with Gasteiger partial charge in [-0.2, -0.15) is 0 Å². The smallest absolute Gasteiger partial charge is 0.337 e. The van der Waals surface area contributed by atoms with Gasteiger partial charge in [-0.1, -0.05) is 35.9 Å². The van der Waals surface area contributed by atoms with Gasteiger partial charge in [0.25, 0.3) is 0 Å². The van der Waals surface area contributed by atoms with Crippen LogP contribution in [0.5, 0.6) is 0 Å². The van der Waals surface area contributed by atoms with E-state index in [4.69, 9.17) is 11.6 Å². The zero-order valence-corrected chi connectivity index (χ0v) is 18.1. The number of sulfonamides is 1. The quantitative estimate of drug-likeness (QED) is 0.681. The van der Waals surface area contributed by atoms with Crippen molar-refractivity contribution in [2.24, 2.45) is 5.92 Å². The molecular formula is C21H23ClN2O5S. The lowest BCUT2D eigenvalue weighted by molar-refractivity contribution is -0.120. The molecule has 0 aromatic heterocycles. The number of methoxy groups -OCH3 is 1. The number of esters is 1. The molecule has 0 radical (unpaired) electrons. The number of nitrogens with one attached hydrogen (secondary N) is 1. The molecule has 1 saturated heterocycles. The third kappa shape index (κ3) is 5.38. The fraction of sp³-hybridized carbons (Fsp3) is 0.333. The fourth-order valence-electron chi connectivity index (χ4n) is 3.40. The van der Waals surface area contributed by atoms with Crippen LogP contribution in [0.15, 0.2) is 48.5 Å². The number of hydrogen-bond acceptors (Lipinski definition) is 5. The summed E-state index contributed by atoms with van der Waals surface area (Å²) in [5.41, 5.74) is 1.31. The van der Waals surface area contributed by atoms with Crippen molar-refractivity contribution in [3.8, 4) is 0 Å². The summed E-state index contributed by atoms with van der Waals surface area (Å²) < 4.78 is 31.8. The molecule has 2 aromatic carbocycles. The average molecular weight is 451 g/mol. The molecule has 160 valence electrons. The van der Waals surface area contributed by atoms with E-state index < -0.39 is 21.9 Å². The first-order chi connectivity index (χ1) is 14.3. The van der Waals surface area contributed by atoms with Crippen LogP contribution in [0.1, 0.15) is 28.8 Å². The minimum Gasteiger partial charge on any atom is -0.465 e. The van der Waals surface area contributed by atoms with E-state index in [0.29, 0.717) is 41.2 Å². The molecule has 1 aliphatic heterocycles. The number of anilines is 1. The molecular weight excluding hydrogens is 428 g/mol. The van der Waals surface area contributed by atoms with Crippen molar-refractivity contribution in [2.45, 2.75) is 18.6 Å². The van der Waals surface area contributed by atoms with Crippen molar-refractivity contribution in [3.05, 3.63) is 64.7 Å². The van der Waals surface area contributed by atoms with Gasteiger partial charge in [0.2, 0.25) is 15.9 Å². The normalized spacial score (nSPS) is 17.3. The Hall–Kier alpha value is -2.42. The van der Waals surface area contributed by atoms with Crippen molar-refractivity contribution in [1.82, 2.24) is 4.31 Å². The van der Waals surface area contributed by atoms with E-state index >= 15 is 0 Å². The molecule has 7 nitrogen and oxygen atoms in total. The first-order valence-corrected chi connectivity index (χ1v) is 11.5. The Balaban J connectivity index is 1.67. The minimum absolute atomic E-state index is 0.106. The molecule has 2 aromatic rings. The van der Waals surface area contributed by atoms with Crippen LogP contribution >= 0.6 is 11.6 Å². The van der Waals surface area contributed by atoms with E-state index in [1.54, 1.807) is 42.5 Å². The molecule has 1 amide bonds. The molecule has 0 aliphatic carbocycles. The van der Waals surface area contributed by atoms with Crippen LogP contribution in [0.2, 0.25) is 5.02 Å². The van der Waals surface area contributed by atoms with Crippen molar-refractivity contribution in [1.29, 1.82) is 0 Å². The molecule has 30 heavy (non-hydrogen) atoms. The average Bonchev–Trinajstić information content (AvgIpc) is 2.75. The van der Waals surface area contributed by atoms with Gasteiger partial charge in [0, 0.05) is 23.8 Å². The third-order valence-corrected chi connectivity index (χ3v) is 7.16. The number of ether oxygens (including phenoxy) is 1. The second-order valence-electron chi connectivity index (χ2n) is 7.11. The first kappa shape index (κ1) is 22.3. The van der Waals surface area contributed by atoms with E-state index in [1.807, 2.05) is 0 Å². The highest BCUT2D eigenvalue weighted by Gasteiger charge is 2.32. The molecule has 1 unspecified atom stereocenters. The standard InChI is InChI=1S/C21H23ClN2O5S/c1-29-21(26)15-7-4-9-18(12-15)23-20(25)16-8-5-11-24(13-16)30(27,28)14-17-6-2-3-10-19(17)22/h2-4,6-7,9-10,12,16H,5,8,11,13-14H2,1H3,(H,23,25). The number of benzene rings is 2. The van der Waals surface area contributed by atoms with Crippen LogP contribution in [0.25, 0.3) is 0 Å². The largest absolute Gasteiger partial charge is 0.465 e. The van der Waals surface area contributed by atoms with Crippen molar-refractivity contribution >= 4 is 39.2 Å². The second-order valence-corrected chi connectivity index (χ2v) is 9.48. The van der Waals surface area contributed by atoms with Crippen molar-refractivity contribution < 1.29 is 22.7 Å². The topological polar surface area (TPSA) is 92.8 Å². The van der Waals surface area contributed by atoms with Gasteiger partial charge in [0.05, 0.1) is 24.3 Å². The zero-order valence-electron chi connectivity index (χ0n) is 16.5. The van der Waals surface area contributed by atoms with Gasteiger partial charge in [-0.05, 0) is 42.7 Å². The van der Waals surface area contributed by atoms with Gasteiger partial charge in [-0.15, -0.1) is 0 Å². The monoisotopic (exact) mass is 450 g/mol. The van der Waals surface area contributed by atoms with Crippen LogP contribution in [0.4, 0.5) is 5.69 Å². The van der Waals surface area contributed by atoms with Crippen molar-refractivity contribution in [2.75, 3.05) is 25.5 Å². The molecule has 1 fully saturated rings. The highest BCUT2D eigenvalue weighted by atomic mass is 35.5. The number of nitrogens with zero attached hydrogens (tertiary/aromatic N) is 1. The lowest BCUT2D eigenvalue weighted by Crippen LogP contribution is -2.44. The van der Waals surface area contributed by atoms with Crippen molar-refractivity contribution in [3.63, 3.8) is 0 Å². The number of piperidine rings is 1. The maximum absolute atomic E-state index is 12.9. The SMILES string of the molecule is COC(=O)c1cccc(NC(=O)C2CCCN(S(=O)(=O)Cc3ccccc3Cl)C2)c1. The summed E-state index contributed by atoms with van der Waals surface area (Å²) >= 11 is 6.10. The molecule has 1 atom stereocenters. The molecule has 1 heterocycles. The molecule has 0 saturated carbocycles. The fourth-order valence-corrected chi connectivity index (χ4v) is 5.32. The lowest BCUT2D eigenvalue weighted by Gasteiger charge is -2.31. The molecule has 1 N–H and O–H groups in total. The Morgan fingerprint density at radius 2 is 1.97 bits per heavy atom. The number of rotatable bonds is 6. The number of carbonyl (C=O) groups excluding carboxylic acids is 2. The predicted molar refractivity (Wildman–Crippen MR) is 115 cm³/mol. The van der Waals surface area contributed by atoms with Crippen LogP contribution in [0, 0.1) is 5.92 Å². The summed E-state index contributed by atoms with van der Waals surface area (Å²) in [6, 6.07) is 13.2. The molecule has 1 aliphatic rings. The Bertz CT molecular complexity index is 1040. The Labute approximate surface area is 181 Å². The second kappa shape index (κ2) is 9.59. The molecule has 0 bridgehead atoms. The van der Waals surface area contributed by atoms with E-state index in [0.717, 1.165) is 0 Å². The predicted octanol–water partition coefficient (Wildman–Crippen LogP) is 3.31. The maximum atomic E-state index is 12.9. The molecule has 9 heteroatoms. The van der Waals surface area contributed by atoms with Crippen LogP contribution in [-0.4, -0.2) is 44.8 Å². The maximum Gasteiger partial charge on any atom is 0.337 e. The number of carbonyl (C=O) groups is 2. The van der Waals surface area contributed by atoms with Gasteiger partial charge >= 0.3 is 5.97 Å². The van der Waals surface area contributed by atoms with Gasteiger partial charge in [0.15, 0.2) is 0 Å². The Morgan fingerprint density at radius 1 is 1.20 bits per heavy atom. The number of amides is 1. The summed E-state index contributed by atoms with van der Waals surface area (Å²) in [5.74, 6) is -1.47. The summed E-state index contributed by atoms with van der Waals surface area (Å²) in [6.45, 7) is 0.476. The van der Waals surface area contributed by atoms with Gasteiger partial charge in [-0.3, -0.25) is 4.79 Å². The van der Waals surface area contributed by atoms with E-state index in [2.05, 4.69) is 10.1 Å². The highest BCUT2D eigenvalue weighted by Crippen LogP contribution is 2.25. The van der Waals surface area contributed by atoms with E-state index in [1.165, 1.54) is 17.5 Å². The van der Waals surface area contributed by atoms with Crippen LogP contribution in [-0.2, 0) is 25.3 Å². The van der Waals surface area contributed by atoms with Gasteiger partial charge in [-0.25, -0.2) is 17.5 Å². The summed E-state index contributed by atoms with van der Waals surface area (Å²) in [5, 5.41) is 3.17. The number of halogens is 1. The molecule has 3 rings (SSSR count). The Kier molecular flexibility index (Phi) is 7.12. The molecule has 0 spiro atoms. The Morgan fingerprint density at radius 3 is 2.70 bits per heavy atom. The van der Waals surface area contributed by atoms with E-state index in [9.17, 15) is 18.0 Å². The summed E-state index contributed by atoms with van der Waals surface area (Å²) in [6.07, 6.45) is 1.17. The van der Waals surface area contributed by atoms with E-state index in [-0.39, 0.29) is 18.2 Å². The lowest BCUT2D eigenvalue weighted by atomic mass is 9.98. The van der Waals surface area contributed by atoms with Gasteiger partial charge < -0.3 is 10.1 Å². The van der Waals surface area contributed by atoms with Crippen LogP contribution in [0.3, 0.4) is 0 Å². The summed E-state index contributed by atoms with van der Waals surface area (Å²) in [4.78, 5) is 24.4. The first-order valence-electron chi connectivity index (χ1n) is 9.50. The van der Waals surface area contributed by atoms with Gasteiger partial charge in [0.1, 0.15) is 0 Å². The number of hydrogen-bond donors (Lipinski definition) is 1. The summed E-state index contributed by atoms with van der Waals surface area (Å²) in [7, 11) is -2.33. The minimum atomic E-state index is -3.61. The highest BCUT2D eigenvalue weighted by molar-refractivity contribution is 7.88. The van der Waals surface area contributed by atoms with Crippen LogP contribution < -0.4 is 5.32 Å². The zero-order chi connectivity index (χ0) is 21.7.